The second-order valence-corrected chi connectivity index (χ2v) is 3.15. The lowest BCUT2D eigenvalue weighted by molar-refractivity contribution is -0.139. The number of hydrogen-bond acceptors (Lipinski definition) is 5. The van der Waals surface area contributed by atoms with E-state index in [0.717, 1.165) is 6.42 Å². The fourth-order valence-electron chi connectivity index (χ4n) is 1.30. The Morgan fingerprint density at radius 2 is 1.81 bits per heavy atom. The van der Waals surface area contributed by atoms with Crippen LogP contribution in [0.1, 0.15) is 12.8 Å². The summed E-state index contributed by atoms with van der Waals surface area (Å²) in [5.41, 5.74) is 0.281. The first-order valence-electron chi connectivity index (χ1n) is 4.89. The number of allylic oxidation sites excluding steroid dienone is 1. The SMILES string of the molecule is COC(=O)C1=C/CCCO/C=C\1C(=O)OC. The van der Waals surface area contributed by atoms with Crippen molar-refractivity contribution in [1.29, 1.82) is 0 Å². The molecule has 0 aromatic rings. The molecule has 1 rings (SSSR count). The van der Waals surface area contributed by atoms with Crippen molar-refractivity contribution in [3.63, 3.8) is 0 Å². The summed E-state index contributed by atoms with van der Waals surface area (Å²) in [4.78, 5) is 22.9. The minimum Gasteiger partial charge on any atom is -0.500 e. The first-order valence-corrected chi connectivity index (χ1v) is 4.89. The Balaban J connectivity index is 3.03. The van der Waals surface area contributed by atoms with Crippen LogP contribution in [-0.4, -0.2) is 32.8 Å². The molecule has 0 saturated carbocycles. The highest BCUT2D eigenvalue weighted by molar-refractivity contribution is 6.06. The number of carbonyl (C=O) groups is 2. The van der Waals surface area contributed by atoms with Crippen LogP contribution in [0.4, 0.5) is 0 Å². The van der Waals surface area contributed by atoms with Gasteiger partial charge in [0.05, 0.1) is 32.7 Å². The normalized spacial score (nSPS) is 22.4. The largest absolute Gasteiger partial charge is 0.500 e. The Morgan fingerprint density at radius 3 is 2.44 bits per heavy atom. The highest BCUT2D eigenvalue weighted by Gasteiger charge is 2.23. The van der Waals surface area contributed by atoms with Crippen LogP contribution in [-0.2, 0) is 23.8 Å². The van der Waals surface area contributed by atoms with E-state index in [-0.39, 0.29) is 11.1 Å². The Bertz CT molecular complexity index is 306. The Hall–Kier alpha value is -1.78. The van der Waals surface area contributed by atoms with E-state index in [4.69, 9.17) is 4.74 Å². The third-order valence-electron chi connectivity index (χ3n) is 2.12. The van der Waals surface area contributed by atoms with Crippen molar-refractivity contribution in [1.82, 2.24) is 0 Å². The minimum absolute atomic E-state index is 0.0917. The third-order valence-corrected chi connectivity index (χ3v) is 2.12. The van der Waals surface area contributed by atoms with E-state index < -0.39 is 11.9 Å². The molecule has 0 amide bonds. The van der Waals surface area contributed by atoms with Gasteiger partial charge in [0.25, 0.3) is 0 Å². The van der Waals surface area contributed by atoms with Crippen LogP contribution in [0.3, 0.4) is 0 Å². The van der Waals surface area contributed by atoms with E-state index >= 15 is 0 Å². The van der Waals surface area contributed by atoms with Crippen molar-refractivity contribution in [2.24, 2.45) is 0 Å². The maximum absolute atomic E-state index is 11.5. The van der Waals surface area contributed by atoms with Gasteiger partial charge >= 0.3 is 11.9 Å². The van der Waals surface area contributed by atoms with E-state index in [1.54, 1.807) is 6.08 Å². The lowest BCUT2D eigenvalue weighted by Gasteiger charge is -2.11. The smallest absolute Gasteiger partial charge is 0.341 e. The molecule has 0 saturated heterocycles. The monoisotopic (exact) mass is 226 g/mol. The summed E-state index contributed by atoms with van der Waals surface area (Å²) >= 11 is 0. The van der Waals surface area contributed by atoms with E-state index in [1.165, 1.54) is 20.5 Å². The molecule has 16 heavy (non-hydrogen) atoms. The molecule has 5 nitrogen and oxygen atoms in total. The average Bonchev–Trinajstić information content (AvgIpc) is 2.27. The minimum atomic E-state index is -0.612. The van der Waals surface area contributed by atoms with Gasteiger partial charge in [-0.05, 0) is 12.8 Å². The molecule has 0 radical (unpaired) electrons. The molecule has 5 heteroatoms. The molecule has 0 fully saturated rings. The molecule has 1 aliphatic rings. The Morgan fingerprint density at radius 1 is 1.19 bits per heavy atom. The average molecular weight is 226 g/mol. The van der Waals surface area contributed by atoms with Crippen LogP contribution < -0.4 is 0 Å². The number of rotatable bonds is 2. The predicted octanol–water partition coefficient (Wildman–Crippen LogP) is 0.953. The molecule has 0 atom stereocenters. The quantitative estimate of drug-likeness (QED) is 0.656. The molecule has 0 spiro atoms. The molecule has 0 aromatic heterocycles. The zero-order chi connectivity index (χ0) is 12.0. The molecule has 0 aromatic carbocycles. The lowest BCUT2D eigenvalue weighted by Crippen LogP contribution is -2.16. The molecule has 0 aliphatic carbocycles. The van der Waals surface area contributed by atoms with E-state index in [2.05, 4.69) is 9.47 Å². The van der Waals surface area contributed by atoms with Crippen LogP contribution in [0, 0.1) is 0 Å². The number of methoxy groups -OCH3 is 2. The summed E-state index contributed by atoms with van der Waals surface area (Å²) in [6, 6.07) is 0. The molecule has 0 bridgehead atoms. The van der Waals surface area contributed by atoms with Gasteiger partial charge in [0.1, 0.15) is 5.57 Å². The maximum Gasteiger partial charge on any atom is 0.341 e. The topological polar surface area (TPSA) is 61.8 Å². The highest BCUT2D eigenvalue weighted by Crippen LogP contribution is 2.17. The van der Waals surface area contributed by atoms with E-state index in [1.807, 2.05) is 0 Å². The summed E-state index contributed by atoms with van der Waals surface area (Å²) in [7, 11) is 2.51. The number of carbonyl (C=O) groups excluding carboxylic acids is 2. The van der Waals surface area contributed by atoms with Gasteiger partial charge < -0.3 is 14.2 Å². The van der Waals surface area contributed by atoms with Gasteiger partial charge in [0, 0.05) is 0 Å². The number of hydrogen-bond donors (Lipinski definition) is 0. The zero-order valence-corrected chi connectivity index (χ0v) is 9.32. The van der Waals surface area contributed by atoms with Crippen molar-refractivity contribution in [3.05, 3.63) is 23.5 Å². The van der Waals surface area contributed by atoms with Crippen LogP contribution in [0.2, 0.25) is 0 Å². The first-order chi connectivity index (χ1) is 7.70. The molecule has 1 aliphatic heterocycles. The summed E-state index contributed by atoms with van der Waals surface area (Å²) < 4.78 is 14.3. The van der Waals surface area contributed by atoms with Crippen molar-refractivity contribution in [2.45, 2.75) is 12.8 Å². The van der Waals surface area contributed by atoms with Gasteiger partial charge in [-0.25, -0.2) is 9.59 Å². The van der Waals surface area contributed by atoms with Gasteiger partial charge in [-0.15, -0.1) is 0 Å². The molecule has 0 N–H and O–H groups in total. The maximum atomic E-state index is 11.5. The standard InChI is InChI=1S/C11H14O5/c1-14-10(12)8-5-3-4-6-16-7-9(8)11(13)15-2/h5,7H,3-4,6H2,1-2H3/b8-5+,9-7+. The number of esters is 2. The Labute approximate surface area is 93.7 Å². The molecule has 0 unspecified atom stereocenters. The van der Waals surface area contributed by atoms with Crippen molar-refractivity contribution in [2.75, 3.05) is 20.8 Å². The summed E-state index contributed by atoms with van der Waals surface area (Å²) in [6.45, 7) is 0.505. The second kappa shape index (κ2) is 5.95. The van der Waals surface area contributed by atoms with Crippen molar-refractivity contribution in [3.8, 4) is 0 Å². The zero-order valence-electron chi connectivity index (χ0n) is 9.32. The van der Waals surface area contributed by atoms with Crippen molar-refractivity contribution >= 4 is 11.9 Å². The Kier molecular flexibility index (Phi) is 4.57. The van der Waals surface area contributed by atoms with Gasteiger partial charge in [0.15, 0.2) is 0 Å². The van der Waals surface area contributed by atoms with Gasteiger partial charge in [-0.3, -0.25) is 0 Å². The van der Waals surface area contributed by atoms with Gasteiger partial charge in [-0.1, -0.05) is 6.08 Å². The first kappa shape index (κ1) is 12.3. The van der Waals surface area contributed by atoms with Crippen LogP contribution >= 0.6 is 0 Å². The third kappa shape index (κ3) is 2.85. The summed E-state index contributed by atoms with van der Waals surface area (Å²) in [6.07, 6.45) is 4.34. The molecular formula is C11H14O5. The molecule has 1 heterocycles. The van der Waals surface area contributed by atoms with E-state index in [0.29, 0.717) is 13.0 Å². The van der Waals surface area contributed by atoms with Crippen LogP contribution in [0.15, 0.2) is 23.5 Å². The van der Waals surface area contributed by atoms with Crippen LogP contribution in [0.5, 0.6) is 0 Å². The fourth-order valence-corrected chi connectivity index (χ4v) is 1.30. The van der Waals surface area contributed by atoms with Gasteiger partial charge in [0.2, 0.25) is 0 Å². The predicted molar refractivity (Wildman–Crippen MR) is 55.4 cm³/mol. The molecular weight excluding hydrogens is 212 g/mol. The van der Waals surface area contributed by atoms with Crippen molar-refractivity contribution < 1.29 is 23.8 Å². The highest BCUT2D eigenvalue weighted by atomic mass is 16.5. The summed E-state index contributed by atoms with van der Waals surface area (Å²) in [5, 5.41) is 0. The van der Waals surface area contributed by atoms with Crippen LogP contribution in [0.25, 0.3) is 0 Å². The number of ether oxygens (including phenoxy) is 3. The molecule has 88 valence electrons. The fraction of sp³-hybridized carbons (Fsp3) is 0.455. The summed E-state index contributed by atoms with van der Waals surface area (Å²) in [5.74, 6) is -1.18. The second-order valence-electron chi connectivity index (χ2n) is 3.15. The lowest BCUT2D eigenvalue weighted by atomic mass is 10.0. The van der Waals surface area contributed by atoms with Gasteiger partial charge in [-0.2, -0.15) is 0 Å². The van der Waals surface area contributed by atoms with E-state index in [9.17, 15) is 9.59 Å².